The maximum atomic E-state index is 12.3. The van der Waals surface area contributed by atoms with E-state index in [2.05, 4.69) is 5.32 Å². The van der Waals surface area contributed by atoms with E-state index in [1.807, 2.05) is 24.3 Å². The Kier molecular flexibility index (Phi) is 3.85. The maximum Gasteiger partial charge on any atom is 0.291 e. The first-order valence-corrected chi connectivity index (χ1v) is 7.16. The molecule has 0 saturated heterocycles. The molecule has 1 heterocycles. The minimum absolute atomic E-state index is 0.121. The van der Waals surface area contributed by atoms with Crippen LogP contribution in [0.5, 0.6) is 0 Å². The molecular formula is C18H16N2O3. The van der Waals surface area contributed by atoms with E-state index in [9.17, 15) is 9.59 Å². The van der Waals surface area contributed by atoms with Gasteiger partial charge in [0.05, 0.1) is 0 Å². The van der Waals surface area contributed by atoms with Crippen molar-refractivity contribution in [3.63, 3.8) is 0 Å². The highest BCUT2D eigenvalue weighted by Crippen LogP contribution is 2.20. The first kappa shape index (κ1) is 14.8. The summed E-state index contributed by atoms with van der Waals surface area (Å²) in [5.74, 6) is -0.240. The Morgan fingerprint density at radius 2 is 1.78 bits per heavy atom. The fraction of sp³-hybridized carbons (Fsp3) is 0.111. The quantitative estimate of drug-likeness (QED) is 0.806. The van der Waals surface area contributed by atoms with Gasteiger partial charge in [0.25, 0.3) is 11.8 Å². The Balaban J connectivity index is 1.82. The van der Waals surface area contributed by atoms with Gasteiger partial charge in [-0.1, -0.05) is 24.3 Å². The predicted octanol–water partition coefficient (Wildman–Crippen LogP) is 3.39. The van der Waals surface area contributed by atoms with E-state index >= 15 is 0 Å². The molecule has 0 spiro atoms. The van der Waals surface area contributed by atoms with Gasteiger partial charge in [-0.05, 0) is 30.3 Å². The number of nitrogens with zero attached hydrogens (tertiary/aromatic N) is 1. The highest BCUT2D eigenvalue weighted by molar-refractivity contribution is 6.05. The van der Waals surface area contributed by atoms with Gasteiger partial charge in [-0.25, -0.2) is 0 Å². The molecule has 2 aromatic carbocycles. The summed E-state index contributed by atoms with van der Waals surface area (Å²) in [4.78, 5) is 25.7. The van der Waals surface area contributed by atoms with Gasteiger partial charge in [0.15, 0.2) is 5.76 Å². The molecule has 3 rings (SSSR count). The molecular weight excluding hydrogens is 292 g/mol. The highest BCUT2D eigenvalue weighted by atomic mass is 16.3. The van der Waals surface area contributed by atoms with E-state index in [1.54, 1.807) is 44.4 Å². The number of hydrogen-bond acceptors (Lipinski definition) is 3. The van der Waals surface area contributed by atoms with Crippen LogP contribution in [0.25, 0.3) is 11.0 Å². The molecule has 0 saturated carbocycles. The Morgan fingerprint density at radius 1 is 1.00 bits per heavy atom. The Labute approximate surface area is 133 Å². The van der Waals surface area contributed by atoms with Crippen LogP contribution in [0.1, 0.15) is 20.9 Å². The lowest BCUT2D eigenvalue weighted by molar-refractivity contribution is 0.0827. The summed E-state index contributed by atoms with van der Waals surface area (Å²) >= 11 is 0. The number of para-hydroxylation sites is 1. The van der Waals surface area contributed by atoms with Crippen LogP contribution < -0.4 is 5.32 Å². The Hall–Kier alpha value is -3.08. The Bertz CT molecular complexity index is 848. The van der Waals surface area contributed by atoms with Crippen molar-refractivity contribution in [2.45, 2.75) is 0 Å². The number of nitrogens with one attached hydrogen (secondary N) is 1. The first-order chi connectivity index (χ1) is 11.0. The number of hydrogen-bond donors (Lipinski definition) is 1. The topological polar surface area (TPSA) is 62.6 Å². The molecule has 0 aliphatic heterocycles. The maximum absolute atomic E-state index is 12.3. The van der Waals surface area contributed by atoms with Crippen molar-refractivity contribution >= 4 is 28.5 Å². The summed E-state index contributed by atoms with van der Waals surface area (Å²) in [6.07, 6.45) is 0. The monoisotopic (exact) mass is 308 g/mol. The molecule has 0 radical (unpaired) electrons. The number of furan rings is 1. The van der Waals surface area contributed by atoms with Gasteiger partial charge in [0, 0.05) is 30.7 Å². The second-order valence-electron chi connectivity index (χ2n) is 5.38. The van der Waals surface area contributed by atoms with Crippen molar-refractivity contribution in [3.05, 3.63) is 65.9 Å². The lowest BCUT2D eigenvalue weighted by Gasteiger charge is -2.11. The van der Waals surface area contributed by atoms with Crippen LogP contribution >= 0.6 is 0 Å². The van der Waals surface area contributed by atoms with E-state index in [0.717, 1.165) is 5.39 Å². The molecule has 5 heteroatoms. The molecule has 5 nitrogen and oxygen atoms in total. The molecule has 3 aromatic rings. The smallest absolute Gasteiger partial charge is 0.291 e. The van der Waals surface area contributed by atoms with Crippen LogP contribution in [-0.4, -0.2) is 30.8 Å². The largest absolute Gasteiger partial charge is 0.451 e. The van der Waals surface area contributed by atoms with Crippen LogP contribution in [0.4, 0.5) is 5.69 Å². The third kappa shape index (κ3) is 3.08. The standard InChI is InChI=1S/C18H16N2O3/c1-20(2)18(22)13-7-5-8-14(10-13)19-17(21)16-11-12-6-3-4-9-15(12)23-16/h3-11H,1-2H3,(H,19,21). The van der Waals surface area contributed by atoms with Crippen LogP contribution in [0, 0.1) is 0 Å². The summed E-state index contributed by atoms with van der Waals surface area (Å²) < 4.78 is 5.53. The first-order valence-electron chi connectivity index (χ1n) is 7.16. The second-order valence-corrected chi connectivity index (χ2v) is 5.38. The Morgan fingerprint density at radius 3 is 2.52 bits per heavy atom. The molecule has 23 heavy (non-hydrogen) atoms. The van der Waals surface area contributed by atoms with Gasteiger partial charge < -0.3 is 14.6 Å². The number of anilines is 1. The lowest BCUT2D eigenvalue weighted by atomic mass is 10.2. The lowest BCUT2D eigenvalue weighted by Crippen LogP contribution is -2.21. The molecule has 0 fully saturated rings. The highest BCUT2D eigenvalue weighted by Gasteiger charge is 2.14. The number of rotatable bonds is 3. The molecule has 0 atom stereocenters. The van der Waals surface area contributed by atoms with Gasteiger partial charge in [-0.2, -0.15) is 0 Å². The van der Waals surface area contributed by atoms with Crippen molar-refractivity contribution < 1.29 is 14.0 Å². The van der Waals surface area contributed by atoms with Crippen LogP contribution in [0.2, 0.25) is 0 Å². The van der Waals surface area contributed by atoms with E-state index in [0.29, 0.717) is 16.8 Å². The van der Waals surface area contributed by atoms with Crippen molar-refractivity contribution in [1.82, 2.24) is 4.90 Å². The summed E-state index contributed by atoms with van der Waals surface area (Å²) in [7, 11) is 3.37. The van der Waals surface area contributed by atoms with E-state index < -0.39 is 0 Å². The summed E-state index contributed by atoms with van der Waals surface area (Å²) in [5.41, 5.74) is 1.72. The van der Waals surface area contributed by atoms with E-state index in [4.69, 9.17) is 4.42 Å². The normalized spacial score (nSPS) is 10.5. The minimum Gasteiger partial charge on any atom is -0.451 e. The number of fused-ring (bicyclic) bond motifs is 1. The summed E-state index contributed by atoms with van der Waals surface area (Å²) in [5, 5.41) is 3.62. The van der Waals surface area contributed by atoms with Gasteiger partial charge >= 0.3 is 0 Å². The molecule has 1 aromatic heterocycles. The SMILES string of the molecule is CN(C)C(=O)c1cccc(NC(=O)c2cc3ccccc3o2)c1. The molecule has 1 N–H and O–H groups in total. The van der Waals surface area contributed by atoms with E-state index in [1.165, 1.54) is 4.90 Å². The van der Waals surface area contributed by atoms with Crippen LogP contribution in [-0.2, 0) is 0 Å². The zero-order valence-electron chi connectivity index (χ0n) is 12.9. The summed E-state index contributed by atoms with van der Waals surface area (Å²) in [6.45, 7) is 0. The minimum atomic E-state index is -0.351. The van der Waals surface area contributed by atoms with Gasteiger partial charge in [-0.3, -0.25) is 9.59 Å². The van der Waals surface area contributed by atoms with Gasteiger partial charge in [0.2, 0.25) is 0 Å². The average molecular weight is 308 g/mol. The van der Waals surface area contributed by atoms with Crippen molar-refractivity contribution in [2.24, 2.45) is 0 Å². The molecule has 2 amide bonds. The molecule has 0 unspecified atom stereocenters. The fourth-order valence-corrected chi connectivity index (χ4v) is 2.27. The van der Waals surface area contributed by atoms with Crippen molar-refractivity contribution in [1.29, 1.82) is 0 Å². The molecule has 0 bridgehead atoms. The van der Waals surface area contributed by atoms with Crippen molar-refractivity contribution in [2.75, 3.05) is 19.4 Å². The van der Waals surface area contributed by atoms with Gasteiger partial charge in [0.1, 0.15) is 5.58 Å². The summed E-state index contributed by atoms with van der Waals surface area (Å²) in [6, 6.07) is 15.9. The molecule has 116 valence electrons. The van der Waals surface area contributed by atoms with Crippen LogP contribution in [0.3, 0.4) is 0 Å². The average Bonchev–Trinajstić information content (AvgIpc) is 2.98. The number of carbonyl (C=O) groups excluding carboxylic acids is 2. The number of amides is 2. The zero-order chi connectivity index (χ0) is 16.4. The second kappa shape index (κ2) is 5.96. The predicted molar refractivity (Wildman–Crippen MR) is 88.6 cm³/mol. The fourth-order valence-electron chi connectivity index (χ4n) is 2.27. The van der Waals surface area contributed by atoms with Crippen LogP contribution in [0.15, 0.2) is 59.0 Å². The van der Waals surface area contributed by atoms with E-state index in [-0.39, 0.29) is 17.6 Å². The number of benzene rings is 2. The zero-order valence-corrected chi connectivity index (χ0v) is 12.9. The third-order valence-electron chi connectivity index (χ3n) is 3.42. The molecule has 0 aliphatic rings. The van der Waals surface area contributed by atoms with Crippen molar-refractivity contribution in [3.8, 4) is 0 Å². The molecule has 0 aliphatic carbocycles. The number of carbonyl (C=O) groups is 2. The third-order valence-corrected chi connectivity index (χ3v) is 3.42. The van der Waals surface area contributed by atoms with Gasteiger partial charge in [-0.15, -0.1) is 0 Å².